The number of carbonyl (C=O) groups is 1. The van der Waals surface area contributed by atoms with Gasteiger partial charge >= 0.3 is 0 Å². The Morgan fingerprint density at radius 2 is 2.22 bits per heavy atom. The largest absolute Gasteiger partial charge is 0.377 e. The van der Waals surface area contributed by atoms with Gasteiger partial charge in [0.1, 0.15) is 0 Å². The van der Waals surface area contributed by atoms with E-state index in [2.05, 4.69) is 17.4 Å². The lowest BCUT2D eigenvalue weighted by molar-refractivity contribution is -0.121. The van der Waals surface area contributed by atoms with Crippen molar-refractivity contribution in [3.05, 3.63) is 0 Å². The van der Waals surface area contributed by atoms with E-state index >= 15 is 0 Å². The van der Waals surface area contributed by atoms with Crippen molar-refractivity contribution < 1.29 is 9.53 Å². The highest BCUT2D eigenvalue weighted by atomic mass is 16.5. The van der Waals surface area contributed by atoms with Gasteiger partial charge in [-0.05, 0) is 45.7 Å². The number of unbranched alkanes of at least 4 members (excludes halogenated alkanes) is 2. The summed E-state index contributed by atoms with van der Waals surface area (Å²) in [5, 5.41) is 0. The second-order valence-corrected chi connectivity index (χ2v) is 5.13. The Hall–Kier alpha value is -0.650. The number of likely N-dealkylation sites (N-methyl/N-ethyl adjacent to an activating group) is 1. The van der Waals surface area contributed by atoms with Crippen LogP contribution in [0.2, 0.25) is 0 Å². The van der Waals surface area contributed by atoms with Crippen molar-refractivity contribution >= 4 is 5.91 Å². The Morgan fingerprint density at radius 1 is 1.39 bits per heavy atom. The van der Waals surface area contributed by atoms with Crippen LogP contribution in [0.3, 0.4) is 0 Å². The molecule has 1 saturated heterocycles. The van der Waals surface area contributed by atoms with Gasteiger partial charge in [0.15, 0.2) is 0 Å². The predicted octanol–water partition coefficient (Wildman–Crippen LogP) is 1.04. The van der Waals surface area contributed by atoms with Gasteiger partial charge in [0.25, 0.3) is 0 Å². The van der Waals surface area contributed by atoms with Gasteiger partial charge in [-0.2, -0.15) is 0 Å². The van der Waals surface area contributed by atoms with Crippen LogP contribution >= 0.6 is 0 Å². The lowest BCUT2D eigenvalue weighted by Crippen LogP contribution is -2.33. The molecule has 1 fully saturated rings. The molecule has 5 heteroatoms. The van der Waals surface area contributed by atoms with Crippen LogP contribution in [0.15, 0.2) is 0 Å². The van der Waals surface area contributed by atoms with E-state index in [0.717, 1.165) is 39.0 Å². The molecular weight excluding hydrogens is 230 g/mol. The molecule has 106 valence electrons. The van der Waals surface area contributed by atoms with Gasteiger partial charge in [0.05, 0.1) is 6.10 Å². The van der Waals surface area contributed by atoms with Gasteiger partial charge in [-0.3, -0.25) is 10.2 Å². The minimum Gasteiger partial charge on any atom is -0.377 e. The highest BCUT2D eigenvalue weighted by Crippen LogP contribution is 2.13. The van der Waals surface area contributed by atoms with Gasteiger partial charge in [-0.1, -0.05) is 6.42 Å². The van der Waals surface area contributed by atoms with E-state index in [9.17, 15) is 4.79 Å². The number of hydrazine groups is 1. The molecule has 0 radical (unpaired) electrons. The molecule has 1 unspecified atom stereocenters. The third kappa shape index (κ3) is 6.93. The maximum absolute atomic E-state index is 10.9. The molecule has 0 saturated carbocycles. The Labute approximate surface area is 110 Å². The van der Waals surface area contributed by atoms with Crippen molar-refractivity contribution in [2.45, 2.75) is 51.0 Å². The van der Waals surface area contributed by atoms with Gasteiger partial charge in [0.2, 0.25) is 5.91 Å². The number of hydrogen-bond donors (Lipinski definition) is 2. The lowest BCUT2D eigenvalue weighted by atomic mass is 10.1. The molecular formula is C13H27N3O2. The summed E-state index contributed by atoms with van der Waals surface area (Å²) in [4.78, 5) is 13.2. The van der Waals surface area contributed by atoms with E-state index in [1.54, 1.807) is 0 Å². The van der Waals surface area contributed by atoms with E-state index in [-0.39, 0.29) is 5.91 Å². The molecule has 5 nitrogen and oxygen atoms in total. The fourth-order valence-electron chi connectivity index (χ4n) is 2.31. The maximum atomic E-state index is 10.9. The summed E-state index contributed by atoms with van der Waals surface area (Å²) in [6.45, 7) is 3.03. The molecule has 0 aliphatic carbocycles. The van der Waals surface area contributed by atoms with Crippen LogP contribution in [0.1, 0.15) is 44.9 Å². The molecule has 1 aliphatic rings. The average molecular weight is 257 g/mol. The molecule has 3 N–H and O–H groups in total. The molecule has 1 amide bonds. The van der Waals surface area contributed by atoms with Crippen LogP contribution in [-0.2, 0) is 9.53 Å². The monoisotopic (exact) mass is 257 g/mol. The van der Waals surface area contributed by atoms with E-state index in [4.69, 9.17) is 10.6 Å². The van der Waals surface area contributed by atoms with Crippen molar-refractivity contribution in [2.24, 2.45) is 5.84 Å². The van der Waals surface area contributed by atoms with Gasteiger partial charge in [-0.15, -0.1) is 0 Å². The number of nitrogens with one attached hydrogen (secondary N) is 1. The number of rotatable bonds is 8. The summed E-state index contributed by atoms with van der Waals surface area (Å²) in [6.07, 6.45) is 7.77. The number of amides is 1. The third-order valence-corrected chi connectivity index (χ3v) is 3.39. The van der Waals surface area contributed by atoms with Crippen molar-refractivity contribution in [3.8, 4) is 0 Å². The smallest absolute Gasteiger partial charge is 0.233 e. The first kappa shape index (κ1) is 15.4. The zero-order valence-electron chi connectivity index (χ0n) is 11.5. The molecule has 1 heterocycles. The number of carbonyl (C=O) groups excluding carboxylic acids is 1. The minimum absolute atomic E-state index is 0.0704. The van der Waals surface area contributed by atoms with Crippen LogP contribution < -0.4 is 11.3 Å². The fraction of sp³-hybridized carbons (Fsp3) is 0.923. The summed E-state index contributed by atoms with van der Waals surface area (Å²) < 4.78 is 5.71. The Bertz CT molecular complexity index is 230. The average Bonchev–Trinajstić information content (AvgIpc) is 2.39. The Kier molecular flexibility index (Phi) is 7.96. The highest BCUT2D eigenvalue weighted by molar-refractivity contribution is 5.74. The van der Waals surface area contributed by atoms with Crippen molar-refractivity contribution in [1.29, 1.82) is 0 Å². The number of nitrogens with zero attached hydrogens (tertiary/aromatic N) is 1. The first-order valence-corrected chi connectivity index (χ1v) is 7.02. The summed E-state index contributed by atoms with van der Waals surface area (Å²) in [7, 11) is 2.14. The molecule has 0 aromatic heterocycles. The molecule has 1 atom stereocenters. The van der Waals surface area contributed by atoms with Gasteiger partial charge in [0, 0.05) is 19.6 Å². The molecule has 1 aliphatic heterocycles. The first-order valence-electron chi connectivity index (χ1n) is 7.02. The molecule has 0 aromatic carbocycles. The zero-order valence-corrected chi connectivity index (χ0v) is 11.5. The van der Waals surface area contributed by atoms with E-state index in [1.165, 1.54) is 19.3 Å². The van der Waals surface area contributed by atoms with Crippen LogP contribution in [0.25, 0.3) is 0 Å². The van der Waals surface area contributed by atoms with Gasteiger partial charge < -0.3 is 9.64 Å². The fourth-order valence-corrected chi connectivity index (χ4v) is 2.31. The second kappa shape index (κ2) is 9.30. The van der Waals surface area contributed by atoms with Gasteiger partial charge in [-0.25, -0.2) is 5.84 Å². The molecule has 0 bridgehead atoms. The minimum atomic E-state index is -0.0704. The van der Waals surface area contributed by atoms with Crippen LogP contribution in [0.5, 0.6) is 0 Å². The van der Waals surface area contributed by atoms with Crippen LogP contribution in [-0.4, -0.2) is 43.7 Å². The van der Waals surface area contributed by atoms with E-state index in [1.807, 2.05) is 0 Å². The van der Waals surface area contributed by atoms with Crippen molar-refractivity contribution in [1.82, 2.24) is 10.3 Å². The standard InChI is InChI=1S/C13H27N3O2/c1-16(11-12-7-4-6-10-18-12)9-5-2-3-8-13(17)15-14/h12H,2-11,14H2,1H3,(H,15,17). The third-order valence-electron chi connectivity index (χ3n) is 3.39. The summed E-state index contributed by atoms with van der Waals surface area (Å²) in [5.41, 5.74) is 2.15. The SMILES string of the molecule is CN(CCCCCC(=O)NN)CC1CCCCO1. The van der Waals surface area contributed by atoms with Crippen LogP contribution in [0, 0.1) is 0 Å². The first-order chi connectivity index (χ1) is 8.72. The van der Waals surface area contributed by atoms with Crippen LogP contribution in [0.4, 0.5) is 0 Å². The predicted molar refractivity (Wildman–Crippen MR) is 71.9 cm³/mol. The molecule has 0 spiro atoms. The topological polar surface area (TPSA) is 67.6 Å². The molecule has 18 heavy (non-hydrogen) atoms. The summed E-state index contributed by atoms with van der Waals surface area (Å²) in [6, 6.07) is 0. The normalized spacial score (nSPS) is 20.1. The summed E-state index contributed by atoms with van der Waals surface area (Å²) in [5.74, 6) is 4.95. The quantitative estimate of drug-likeness (QED) is 0.295. The second-order valence-electron chi connectivity index (χ2n) is 5.13. The lowest BCUT2D eigenvalue weighted by Gasteiger charge is -2.27. The number of hydrogen-bond acceptors (Lipinski definition) is 4. The maximum Gasteiger partial charge on any atom is 0.233 e. The van der Waals surface area contributed by atoms with Crippen molar-refractivity contribution in [2.75, 3.05) is 26.7 Å². The number of nitrogens with two attached hydrogens (primary N) is 1. The van der Waals surface area contributed by atoms with Crippen molar-refractivity contribution in [3.63, 3.8) is 0 Å². The zero-order chi connectivity index (χ0) is 13.2. The molecule has 1 rings (SSSR count). The Balaban J connectivity index is 1.95. The van der Waals surface area contributed by atoms with E-state index < -0.39 is 0 Å². The summed E-state index contributed by atoms with van der Waals surface area (Å²) >= 11 is 0. The highest BCUT2D eigenvalue weighted by Gasteiger charge is 2.15. The molecule has 0 aromatic rings. The van der Waals surface area contributed by atoms with E-state index in [0.29, 0.717) is 12.5 Å². The Morgan fingerprint density at radius 3 is 2.89 bits per heavy atom. The number of ether oxygens (including phenoxy) is 1.